The van der Waals surface area contributed by atoms with E-state index in [9.17, 15) is 4.79 Å². The maximum Gasteiger partial charge on any atom is 0.274 e. The number of amides is 1. The average molecular weight is 242 g/mol. The van der Waals surface area contributed by atoms with Crippen molar-refractivity contribution in [2.24, 2.45) is 0 Å². The number of carbonyl (C=O) groups is 1. The number of carbonyl (C=O) groups excluding carboxylic acids is 1. The number of likely N-dealkylation sites (tertiary alicyclic amines) is 1. The zero-order valence-corrected chi connectivity index (χ0v) is 9.65. The van der Waals surface area contributed by atoms with E-state index in [0.29, 0.717) is 13.1 Å². The van der Waals surface area contributed by atoms with Crippen molar-refractivity contribution < 1.29 is 9.53 Å². The van der Waals surface area contributed by atoms with Gasteiger partial charge in [0.25, 0.3) is 5.91 Å². The Morgan fingerprint density at radius 3 is 3.06 bits per heavy atom. The molecule has 0 spiro atoms. The molecule has 0 bridgehead atoms. The molecule has 1 aromatic heterocycles. The van der Waals surface area contributed by atoms with E-state index in [0.717, 1.165) is 6.42 Å². The van der Waals surface area contributed by atoms with Gasteiger partial charge in [0.05, 0.1) is 18.5 Å². The van der Waals surface area contributed by atoms with Gasteiger partial charge in [0.15, 0.2) is 0 Å². The Morgan fingerprint density at radius 1 is 1.62 bits per heavy atom. The molecule has 16 heavy (non-hydrogen) atoms. The Bertz CT molecular complexity index is 399. The van der Waals surface area contributed by atoms with Crippen LogP contribution in [-0.4, -0.2) is 47.1 Å². The smallest absolute Gasteiger partial charge is 0.274 e. The zero-order chi connectivity index (χ0) is 11.5. The largest absolute Gasteiger partial charge is 0.380 e. The van der Waals surface area contributed by atoms with Gasteiger partial charge >= 0.3 is 0 Å². The number of halogens is 1. The number of nitrogens with zero attached hydrogens (tertiary/aromatic N) is 3. The summed E-state index contributed by atoms with van der Waals surface area (Å²) in [6, 6.07) is 0. The molecule has 1 atom stereocenters. The molecule has 0 radical (unpaired) electrons. The summed E-state index contributed by atoms with van der Waals surface area (Å²) < 4.78 is 5.20. The third kappa shape index (κ3) is 2.31. The van der Waals surface area contributed by atoms with Gasteiger partial charge in [-0.1, -0.05) is 11.6 Å². The van der Waals surface area contributed by atoms with Crippen LogP contribution >= 0.6 is 11.6 Å². The molecular weight excluding hydrogens is 230 g/mol. The molecule has 0 saturated carbocycles. The lowest BCUT2D eigenvalue weighted by atomic mass is 10.3. The van der Waals surface area contributed by atoms with Crippen LogP contribution in [0.4, 0.5) is 0 Å². The summed E-state index contributed by atoms with van der Waals surface area (Å²) in [5.74, 6) is -0.144. The van der Waals surface area contributed by atoms with E-state index in [2.05, 4.69) is 9.97 Å². The quantitative estimate of drug-likeness (QED) is 0.775. The number of rotatable bonds is 2. The van der Waals surface area contributed by atoms with E-state index in [1.165, 1.54) is 12.4 Å². The van der Waals surface area contributed by atoms with Crippen LogP contribution in [0.2, 0.25) is 5.15 Å². The van der Waals surface area contributed by atoms with Gasteiger partial charge in [-0.05, 0) is 6.42 Å². The molecule has 2 heterocycles. The monoisotopic (exact) mass is 241 g/mol. The summed E-state index contributed by atoms with van der Waals surface area (Å²) in [6.45, 7) is 1.29. The molecule has 1 aliphatic rings. The minimum Gasteiger partial charge on any atom is -0.380 e. The van der Waals surface area contributed by atoms with Crippen LogP contribution in [0.1, 0.15) is 16.9 Å². The molecule has 1 saturated heterocycles. The van der Waals surface area contributed by atoms with Gasteiger partial charge in [0.2, 0.25) is 0 Å². The summed E-state index contributed by atoms with van der Waals surface area (Å²) in [5, 5.41) is 0.230. The first-order valence-electron chi connectivity index (χ1n) is 5.00. The molecule has 1 aromatic rings. The first-order chi connectivity index (χ1) is 7.70. The van der Waals surface area contributed by atoms with E-state index >= 15 is 0 Å². The molecule has 86 valence electrons. The highest BCUT2D eigenvalue weighted by atomic mass is 35.5. The standard InChI is InChI=1S/C10H12ClN3O2/c1-16-7-2-3-14(6-7)10(15)8-4-12-5-9(11)13-8/h4-5,7H,2-3,6H2,1H3/t7-/m0/s1. The van der Waals surface area contributed by atoms with Gasteiger partial charge < -0.3 is 9.64 Å². The van der Waals surface area contributed by atoms with Gasteiger partial charge in [-0.25, -0.2) is 4.98 Å². The Hall–Kier alpha value is -1.20. The lowest BCUT2D eigenvalue weighted by Crippen LogP contribution is -2.30. The summed E-state index contributed by atoms with van der Waals surface area (Å²) in [6.07, 6.45) is 3.81. The molecule has 6 heteroatoms. The van der Waals surface area contributed by atoms with E-state index in [4.69, 9.17) is 16.3 Å². The average Bonchev–Trinajstić information content (AvgIpc) is 2.76. The summed E-state index contributed by atoms with van der Waals surface area (Å²) in [7, 11) is 1.65. The number of ether oxygens (including phenoxy) is 1. The molecule has 1 fully saturated rings. The predicted molar refractivity (Wildman–Crippen MR) is 58.4 cm³/mol. The summed E-state index contributed by atoms with van der Waals surface area (Å²) >= 11 is 5.68. The number of methoxy groups -OCH3 is 1. The van der Waals surface area contributed by atoms with Crippen molar-refractivity contribution in [1.29, 1.82) is 0 Å². The zero-order valence-electron chi connectivity index (χ0n) is 8.89. The minimum absolute atomic E-state index is 0.121. The van der Waals surface area contributed by atoms with Gasteiger partial charge in [-0.2, -0.15) is 0 Å². The van der Waals surface area contributed by atoms with Crippen LogP contribution in [0.5, 0.6) is 0 Å². The summed E-state index contributed by atoms with van der Waals surface area (Å²) in [5.41, 5.74) is 0.282. The number of aromatic nitrogens is 2. The highest BCUT2D eigenvalue weighted by Gasteiger charge is 2.27. The van der Waals surface area contributed by atoms with E-state index in [-0.39, 0.29) is 22.9 Å². The first-order valence-corrected chi connectivity index (χ1v) is 5.38. The van der Waals surface area contributed by atoms with Crippen molar-refractivity contribution in [3.05, 3.63) is 23.2 Å². The fraction of sp³-hybridized carbons (Fsp3) is 0.500. The van der Waals surface area contributed by atoms with Crippen LogP contribution in [0.3, 0.4) is 0 Å². The fourth-order valence-electron chi connectivity index (χ4n) is 1.71. The van der Waals surface area contributed by atoms with Gasteiger partial charge in [-0.15, -0.1) is 0 Å². The third-order valence-corrected chi connectivity index (χ3v) is 2.77. The van der Waals surface area contributed by atoms with Crippen LogP contribution in [0.15, 0.2) is 12.4 Å². The maximum absolute atomic E-state index is 12.0. The van der Waals surface area contributed by atoms with Crippen molar-refractivity contribution in [1.82, 2.24) is 14.9 Å². The molecule has 2 rings (SSSR count). The third-order valence-electron chi connectivity index (χ3n) is 2.59. The molecule has 0 aliphatic carbocycles. The van der Waals surface area contributed by atoms with E-state index < -0.39 is 0 Å². The molecule has 0 aromatic carbocycles. The van der Waals surface area contributed by atoms with Crippen molar-refractivity contribution >= 4 is 17.5 Å². The molecule has 1 amide bonds. The van der Waals surface area contributed by atoms with Gasteiger partial charge in [0, 0.05) is 20.2 Å². The number of hydrogen-bond donors (Lipinski definition) is 0. The van der Waals surface area contributed by atoms with Crippen LogP contribution in [-0.2, 0) is 4.74 Å². The lowest BCUT2D eigenvalue weighted by molar-refractivity contribution is 0.0718. The van der Waals surface area contributed by atoms with Crippen LogP contribution < -0.4 is 0 Å². The highest BCUT2D eigenvalue weighted by molar-refractivity contribution is 6.29. The van der Waals surface area contributed by atoms with Gasteiger partial charge in [-0.3, -0.25) is 9.78 Å². The lowest BCUT2D eigenvalue weighted by Gasteiger charge is -2.15. The Kier molecular flexibility index (Phi) is 3.36. The fourth-order valence-corrected chi connectivity index (χ4v) is 1.86. The van der Waals surface area contributed by atoms with Crippen molar-refractivity contribution in [3.8, 4) is 0 Å². The predicted octanol–water partition coefficient (Wildman–Crippen LogP) is 0.991. The second kappa shape index (κ2) is 4.76. The topological polar surface area (TPSA) is 55.3 Å². The number of hydrogen-bond acceptors (Lipinski definition) is 4. The highest BCUT2D eigenvalue weighted by Crippen LogP contribution is 2.14. The molecule has 0 unspecified atom stereocenters. The Morgan fingerprint density at radius 2 is 2.44 bits per heavy atom. The summed E-state index contributed by atoms with van der Waals surface area (Å²) in [4.78, 5) is 21.5. The first kappa shape index (κ1) is 11.3. The van der Waals surface area contributed by atoms with Gasteiger partial charge in [0.1, 0.15) is 10.8 Å². The minimum atomic E-state index is -0.144. The molecule has 0 N–H and O–H groups in total. The van der Waals surface area contributed by atoms with Crippen molar-refractivity contribution in [2.75, 3.05) is 20.2 Å². The van der Waals surface area contributed by atoms with Crippen molar-refractivity contribution in [2.45, 2.75) is 12.5 Å². The van der Waals surface area contributed by atoms with E-state index in [1.54, 1.807) is 12.0 Å². The second-order valence-electron chi connectivity index (χ2n) is 3.62. The van der Waals surface area contributed by atoms with E-state index in [1.807, 2.05) is 0 Å². The molecular formula is C10H12ClN3O2. The SMILES string of the molecule is CO[C@H]1CCN(C(=O)c2cncc(Cl)n2)C1. The molecule has 1 aliphatic heterocycles. The Balaban J connectivity index is 2.08. The maximum atomic E-state index is 12.0. The normalized spacial score (nSPS) is 20.1. The Labute approximate surface area is 98.4 Å². The van der Waals surface area contributed by atoms with Crippen LogP contribution in [0.25, 0.3) is 0 Å². The van der Waals surface area contributed by atoms with Crippen LogP contribution in [0, 0.1) is 0 Å². The molecule has 5 nitrogen and oxygen atoms in total. The second-order valence-corrected chi connectivity index (χ2v) is 4.01. The van der Waals surface area contributed by atoms with Crippen molar-refractivity contribution in [3.63, 3.8) is 0 Å².